The van der Waals surface area contributed by atoms with Crippen LogP contribution in [0.5, 0.6) is 0 Å². The van der Waals surface area contributed by atoms with Crippen molar-refractivity contribution in [1.82, 2.24) is 10.6 Å². The molecule has 0 saturated heterocycles. The third-order valence-corrected chi connectivity index (χ3v) is 4.93. The van der Waals surface area contributed by atoms with Crippen LogP contribution in [0.25, 0.3) is 0 Å². The molecule has 0 bridgehead atoms. The average molecular weight is 297 g/mol. The highest BCUT2D eigenvalue weighted by atomic mass is 32.1. The van der Waals surface area contributed by atoms with Crippen molar-refractivity contribution in [2.24, 2.45) is 5.92 Å². The molecule has 1 saturated carbocycles. The molecule has 0 aromatic carbocycles. The van der Waals surface area contributed by atoms with Crippen LogP contribution in [0.15, 0.2) is 17.5 Å². The first-order chi connectivity index (χ1) is 9.16. The second-order valence-electron chi connectivity index (χ2n) is 5.69. The van der Waals surface area contributed by atoms with Gasteiger partial charge in [-0.25, -0.2) is 0 Å². The van der Waals surface area contributed by atoms with E-state index in [1.54, 1.807) is 11.3 Å². The van der Waals surface area contributed by atoms with Gasteiger partial charge in [0.05, 0.1) is 6.04 Å². The molecule has 106 valence electrons. The number of thiophene rings is 1. The third kappa shape index (κ3) is 4.46. The van der Waals surface area contributed by atoms with Gasteiger partial charge in [0, 0.05) is 10.9 Å². The number of nitrogens with one attached hydrogen (secondary N) is 2. The van der Waals surface area contributed by atoms with Crippen molar-refractivity contribution in [2.75, 3.05) is 0 Å². The molecule has 0 aliphatic heterocycles. The standard InChI is InChI=1S/C15H24N2S2/c1-11(2)14(13-9-6-10-19-13)17-15(18)16-12-7-4-3-5-8-12/h6,9-12,14H,3-5,7-8H2,1-2H3,(H2,16,17,18)/t14-/m0/s1. The second-order valence-corrected chi connectivity index (χ2v) is 7.08. The van der Waals surface area contributed by atoms with E-state index in [1.807, 2.05) is 0 Å². The molecule has 1 heterocycles. The molecule has 1 atom stereocenters. The Morgan fingerprint density at radius 3 is 2.63 bits per heavy atom. The Morgan fingerprint density at radius 1 is 1.32 bits per heavy atom. The minimum Gasteiger partial charge on any atom is -0.360 e. The summed E-state index contributed by atoms with van der Waals surface area (Å²) in [6.45, 7) is 4.47. The first-order valence-corrected chi connectivity index (χ1v) is 8.56. The Morgan fingerprint density at radius 2 is 2.05 bits per heavy atom. The molecule has 4 heteroatoms. The summed E-state index contributed by atoms with van der Waals surface area (Å²) in [6, 6.07) is 5.19. The number of hydrogen-bond donors (Lipinski definition) is 2. The lowest BCUT2D eigenvalue weighted by molar-refractivity contribution is 0.405. The van der Waals surface area contributed by atoms with Gasteiger partial charge in [-0.2, -0.15) is 0 Å². The molecule has 2 rings (SSSR count). The van der Waals surface area contributed by atoms with E-state index in [0.29, 0.717) is 18.0 Å². The van der Waals surface area contributed by atoms with Crippen molar-refractivity contribution in [1.29, 1.82) is 0 Å². The fourth-order valence-electron chi connectivity index (χ4n) is 2.65. The van der Waals surface area contributed by atoms with Crippen LogP contribution in [0.3, 0.4) is 0 Å². The highest BCUT2D eigenvalue weighted by Gasteiger charge is 2.19. The molecule has 2 N–H and O–H groups in total. The zero-order valence-electron chi connectivity index (χ0n) is 11.8. The SMILES string of the molecule is CC(C)[C@H](NC(=S)NC1CCCCC1)c1cccs1. The van der Waals surface area contributed by atoms with Crippen LogP contribution >= 0.6 is 23.6 Å². The van der Waals surface area contributed by atoms with Gasteiger partial charge in [-0.3, -0.25) is 0 Å². The van der Waals surface area contributed by atoms with Gasteiger partial charge in [0.25, 0.3) is 0 Å². The van der Waals surface area contributed by atoms with Crippen LogP contribution < -0.4 is 10.6 Å². The third-order valence-electron chi connectivity index (χ3n) is 3.74. The second kappa shape index (κ2) is 7.25. The summed E-state index contributed by atoms with van der Waals surface area (Å²) >= 11 is 7.28. The summed E-state index contributed by atoms with van der Waals surface area (Å²) in [5, 5.41) is 9.94. The Kier molecular flexibility index (Phi) is 5.64. The molecule has 19 heavy (non-hydrogen) atoms. The van der Waals surface area contributed by atoms with E-state index in [1.165, 1.54) is 37.0 Å². The van der Waals surface area contributed by atoms with Gasteiger partial charge in [-0.1, -0.05) is 39.2 Å². The number of rotatable bonds is 4. The van der Waals surface area contributed by atoms with E-state index in [-0.39, 0.29) is 0 Å². The molecular formula is C15H24N2S2. The van der Waals surface area contributed by atoms with E-state index in [9.17, 15) is 0 Å². The molecule has 1 aliphatic rings. The zero-order chi connectivity index (χ0) is 13.7. The van der Waals surface area contributed by atoms with Crippen molar-refractivity contribution in [3.63, 3.8) is 0 Å². The lowest BCUT2D eigenvalue weighted by Gasteiger charge is -2.28. The van der Waals surface area contributed by atoms with Gasteiger partial charge in [0.2, 0.25) is 0 Å². The van der Waals surface area contributed by atoms with Crippen molar-refractivity contribution in [2.45, 2.75) is 58.0 Å². The summed E-state index contributed by atoms with van der Waals surface area (Å²) in [4.78, 5) is 1.36. The highest BCUT2D eigenvalue weighted by molar-refractivity contribution is 7.80. The average Bonchev–Trinajstić information content (AvgIpc) is 2.90. The smallest absolute Gasteiger partial charge is 0.167 e. The summed E-state index contributed by atoms with van der Waals surface area (Å²) < 4.78 is 0. The van der Waals surface area contributed by atoms with Crippen molar-refractivity contribution >= 4 is 28.7 Å². The fraction of sp³-hybridized carbons (Fsp3) is 0.667. The summed E-state index contributed by atoms with van der Waals surface area (Å²) in [7, 11) is 0. The van der Waals surface area contributed by atoms with Crippen LogP contribution in [0.4, 0.5) is 0 Å². The molecule has 0 radical (unpaired) electrons. The topological polar surface area (TPSA) is 24.1 Å². The predicted octanol–water partition coefficient (Wildman–Crippen LogP) is 4.24. The Bertz CT molecular complexity index is 381. The maximum atomic E-state index is 5.49. The van der Waals surface area contributed by atoms with Gasteiger partial charge in [-0.05, 0) is 42.4 Å². The molecule has 0 amide bonds. The van der Waals surface area contributed by atoms with Crippen molar-refractivity contribution < 1.29 is 0 Å². The van der Waals surface area contributed by atoms with E-state index in [0.717, 1.165) is 5.11 Å². The molecule has 1 aromatic rings. The van der Waals surface area contributed by atoms with Crippen molar-refractivity contribution in [3.05, 3.63) is 22.4 Å². The fourth-order valence-corrected chi connectivity index (χ4v) is 3.89. The Balaban J connectivity index is 1.88. The van der Waals surface area contributed by atoms with Gasteiger partial charge in [0.15, 0.2) is 5.11 Å². The lowest BCUT2D eigenvalue weighted by Crippen LogP contribution is -2.44. The Labute approximate surface area is 126 Å². The molecular weight excluding hydrogens is 272 g/mol. The Hall–Kier alpha value is -0.610. The molecule has 0 unspecified atom stereocenters. The van der Waals surface area contributed by atoms with Gasteiger partial charge >= 0.3 is 0 Å². The summed E-state index contributed by atoms with van der Waals surface area (Å²) in [5.74, 6) is 0.532. The van der Waals surface area contributed by atoms with E-state index in [2.05, 4.69) is 42.0 Å². The number of hydrogen-bond acceptors (Lipinski definition) is 2. The highest BCUT2D eigenvalue weighted by Crippen LogP contribution is 2.25. The molecule has 1 aliphatic carbocycles. The van der Waals surface area contributed by atoms with Crippen LogP contribution in [0, 0.1) is 5.92 Å². The van der Waals surface area contributed by atoms with Crippen molar-refractivity contribution in [3.8, 4) is 0 Å². The molecule has 1 fully saturated rings. The van der Waals surface area contributed by atoms with Crippen LogP contribution in [0.2, 0.25) is 0 Å². The largest absolute Gasteiger partial charge is 0.360 e. The predicted molar refractivity (Wildman–Crippen MR) is 87.6 cm³/mol. The van der Waals surface area contributed by atoms with Gasteiger partial charge in [-0.15, -0.1) is 11.3 Å². The monoisotopic (exact) mass is 296 g/mol. The minimum atomic E-state index is 0.323. The quantitative estimate of drug-likeness (QED) is 0.813. The minimum absolute atomic E-state index is 0.323. The van der Waals surface area contributed by atoms with Gasteiger partial charge < -0.3 is 10.6 Å². The first-order valence-electron chi connectivity index (χ1n) is 7.27. The summed E-state index contributed by atoms with van der Waals surface area (Å²) in [5.41, 5.74) is 0. The summed E-state index contributed by atoms with van der Waals surface area (Å²) in [6.07, 6.45) is 6.56. The van der Waals surface area contributed by atoms with E-state index >= 15 is 0 Å². The molecule has 2 nitrogen and oxygen atoms in total. The number of thiocarbonyl (C=S) groups is 1. The maximum Gasteiger partial charge on any atom is 0.167 e. The van der Waals surface area contributed by atoms with E-state index in [4.69, 9.17) is 12.2 Å². The molecule has 1 aromatic heterocycles. The van der Waals surface area contributed by atoms with Crippen LogP contribution in [-0.4, -0.2) is 11.2 Å². The van der Waals surface area contributed by atoms with Crippen LogP contribution in [-0.2, 0) is 0 Å². The lowest BCUT2D eigenvalue weighted by atomic mass is 9.96. The van der Waals surface area contributed by atoms with E-state index < -0.39 is 0 Å². The van der Waals surface area contributed by atoms with Gasteiger partial charge in [0.1, 0.15) is 0 Å². The first kappa shape index (κ1) is 14.8. The maximum absolute atomic E-state index is 5.49. The zero-order valence-corrected chi connectivity index (χ0v) is 13.4. The van der Waals surface area contributed by atoms with Crippen LogP contribution in [0.1, 0.15) is 56.9 Å². The normalized spacial score (nSPS) is 18.3. The molecule has 0 spiro atoms.